The Labute approximate surface area is 80.3 Å². The van der Waals surface area contributed by atoms with Gasteiger partial charge in [-0.1, -0.05) is 0 Å². The third kappa shape index (κ3) is 2.18. The zero-order valence-electron chi connectivity index (χ0n) is 7.50. The number of nitrogens with zero attached hydrogens (tertiary/aromatic N) is 1. The van der Waals surface area contributed by atoms with Crippen LogP contribution in [0.2, 0.25) is 0 Å². The van der Waals surface area contributed by atoms with Gasteiger partial charge in [-0.05, 0) is 12.8 Å². The molecule has 0 spiro atoms. The highest BCUT2D eigenvalue weighted by Crippen LogP contribution is 2.33. The lowest BCUT2D eigenvalue weighted by Crippen LogP contribution is -2.48. The third-order valence-corrected chi connectivity index (χ3v) is 3.72. The molecule has 1 aliphatic heterocycles. The van der Waals surface area contributed by atoms with Crippen LogP contribution < -0.4 is 4.72 Å². The molecule has 1 saturated heterocycles. The molecule has 8 heteroatoms. The minimum Gasteiger partial charge on any atom is -0.205 e. The van der Waals surface area contributed by atoms with Crippen molar-refractivity contribution in [1.29, 1.82) is 0 Å². The van der Waals surface area contributed by atoms with Crippen molar-refractivity contribution in [3.8, 4) is 0 Å². The molecule has 0 aromatic carbocycles. The van der Waals surface area contributed by atoms with E-state index in [0.29, 0.717) is 4.31 Å². The summed E-state index contributed by atoms with van der Waals surface area (Å²) in [5, 5.41) is 0. The lowest BCUT2D eigenvalue weighted by atomic mass is 10.2. The van der Waals surface area contributed by atoms with Crippen molar-refractivity contribution in [2.75, 3.05) is 13.6 Å². The van der Waals surface area contributed by atoms with Crippen LogP contribution in [0.5, 0.6) is 0 Å². The van der Waals surface area contributed by atoms with Gasteiger partial charge in [0.15, 0.2) is 0 Å². The third-order valence-electron chi connectivity index (χ3n) is 2.15. The van der Waals surface area contributed by atoms with Crippen LogP contribution in [0.25, 0.3) is 0 Å². The Morgan fingerprint density at radius 3 is 2.43 bits per heavy atom. The summed E-state index contributed by atoms with van der Waals surface area (Å²) in [6.07, 6.45) is -4.41. The normalized spacial score (nSPS) is 25.6. The summed E-state index contributed by atoms with van der Waals surface area (Å²) in [5.74, 6) is 0. The summed E-state index contributed by atoms with van der Waals surface area (Å²) in [4.78, 5) is 0. The molecule has 4 nitrogen and oxygen atoms in total. The molecule has 1 N–H and O–H groups in total. The Hall–Kier alpha value is -0.340. The maximum absolute atomic E-state index is 12.3. The van der Waals surface area contributed by atoms with E-state index < -0.39 is 22.4 Å². The molecule has 1 fully saturated rings. The first-order valence-electron chi connectivity index (χ1n) is 4.06. The van der Waals surface area contributed by atoms with Gasteiger partial charge in [0.1, 0.15) is 6.04 Å². The largest absolute Gasteiger partial charge is 0.405 e. The van der Waals surface area contributed by atoms with E-state index in [1.165, 1.54) is 0 Å². The molecule has 0 aromatic heterocycles. The van der Waals surface area contributed by atoms with E-state index >= 15 is 0 Å². The standard InChI is InChI=1S/C6H11F3N2O2S/c1-10-14(12,13)11-4-2-3-5(11)6(7,8)9/h5,10H,2-4H2,1H3/t5-/m1/s1. The van der Waals surface area contributed by atoms with E-state index in [1.54, 1.807) is 0 Å². The first-order chi connectivity index (χ1) is 6.29. The van der Waals surface area contributed by atoms with Crippen LogP contribution in [-0.2, 0) is 10.2 Å². The number of nitrogens with one attached hydrogen (secondary N) is 1. The molecule has 14 heavy (non-hydrogen) atoms. The molecule has 0 aromatic rings. The average molecular weight is 232 g/mol. The van der Waals surface area contributed by atoms with E-state index in [9.17, 15) is 21.6 Å². The Morgan fingerprint density at radius 1 is 1.43 bits per heavy atom. The summed E-state index contributed by atoms with van der Waals surface area (Å²) in [6, 6.07) is -1.88. The van der Waals surface area contributed by atoms with Gasteiger partial charge in [-0.2, -0.15) is 25.9 Å². The predicted molar refractivity (Wildman–Crippen MR) is 43.8 cm³/mol. The topological polar surface area (TPSA) is 49.4 Å². The maximum atomic E-state index is 12.3. The summed E-state index contributed by atoms with van der Waals surface area (Å²) >= 11 is 0. The van der Waals surface area contributed by atoms with Gasteiger partial charge in [0.2, 0.25) is 0 Å². The van der Waals surface area contributed by atoms with Crippen molar-refractivity contribution in [1.82, 2.24) is 9.03 Å². The molecule has 0 radical (unpaired) electrons. The zero-order valence-corrected chi connectivity index (χ0v) is 8.32. The van der Waals surface area contributed by atoms with Crippen molar-refractivity contribution < 1.29 is 21.6 Å². The van der Waals surface area contributed by atoms with Gasteiger partial charge in [-0.3, -0.25) is 0 Å². The van der Waals surface area contributed by atoms with Gasteiger partial charge < -0.3 is 0 Å². The van der Waals surface area contributed by atoms with Gasteiger partial charge in [0.05, 0.1) is 0 Å². The van der Waals surface area contributed by atoms with Crippen LogP contribution in [0, 0.1) is 0 Å². The molecule has 84 valence electrons. The second kappa shape index (κ2) is 3.67. The number of rotatable bonds is 2. The van der Waals surface area contributed by atoms with E-state index in [4.69, 9.17) is 0 Å². The molecule has 1 aliphatic rings. The second-order valence-electron chi connectivity index (χ2n) is 3.02. The number of hydrogen-bond acceptors (Lipinski definition) is 2. The predicted octanol–water partition coefficient (Wildman–Crippen LogP) is 0.477. The Morgan fingerprint density at radius 2 is 2.00 bits per heavy atom. The Kier molecular flexibility index (Phi) is 3.07. The van der Waals surface area contributed by atoms with Crippen molar-refractivity contribution in [2.24, 2.45) is 0 Å². The molecule has 0 bridgehead atoms. The summed E-state index contributed by atoms with van der Waals surface area (Å²) < 4.78 is 61.7. The second-order valence-corrected chi connectivity index (χ2v) is 4.85. The van der Waals surface area contributed by atoms with Crippen LogP contribution in [0.3, 0.4) is 0 Å². The minimum atomic E-state index is -4.49. The summed E-state index contributed by atoms with van der Waals surface area (Å²) in [6.45, 7) is -0.0760. The quantitative estimate of drug-likeness (QED) is 0.752. The highest BCUT2D eigenvalue weighted by Gasteiger charge is 2.49. The van der Waals surface area contributed by atoms with Crippen LogP contribution >= 0.6 is 0 Å². The smallest absolute Gasteiger partial charge is 0.205 e. The molecule has 0 unspecified atom stereocenters. The SMILES string of the molecule is CNS(=O)(=O)N1CCC[C@@H]1C(F)(F)F. The summed E-state index contributed by atoms with van der Waals surface area (Å²) in [7, 11) is -2.87. The van der Waals surface area contributed by atoms with Crippen molar-refractivity contribution in [2.45, 2.75) is 25.1 Å². The molecular weight excluding hydrogens is 221 g/mol. The first-order valence-corrected chi connectivity index (χ1v) is 5.50. The molecule has 0 amide bonds. The number of alkyl halides is 3. The van der Waals surface area contributed by atoms with E-state index in [1.807, 2.05) is 4.72 Å². The van der Waals surface area contributed by atoms with Crippen LogP contribution in [-0.4, -0.2) is 38.5 Å². The Bertz CT molecular complexity index is 301. The maximum Gasteiger partial charge on any atom is 0.405 e. The molecule has 1 rings (SSSR count). The molecule has 1 heterocycles. The highest BCUT2D eigenvalue weighted by molar-refractivity contribution is 7.87. The fourth-order valence-electron chi connectivity index (χ4n) is 1.47. The Balaban J connectivity index is 2.90. The van der Waals surface area contributed by atoms with Gasteiger partial charge in [-0.15, -0.1) is 0 Å². The molecule has 1 atom stereocenters. The van der Waals surface area contributed by atoms with Crippen LogP contribution in [0.15, 0.2) is 0 Å². The van der Waals surface area contributed by atoms with Crippen LogP contribution in [0.1, 0.15) is 12.8 Å². The van der Waals surface area contributed by atoms with Gasteiger partial charge in [0, 0.05) is 13.6 Å². The lowest BCUT2D eigenvalue weighted by Gasteiger charge is -2.25. The van der Waals surface area contributed by atoms with Gasteiger partial charge in [0.25, 0.3) is 10.2 Å². The molecule has 0 saturated carbocycles. The summed E-state index contributed by atoms with van der Waals surface area (Å²) in [5.41, 5.74) is 0. The van der Waals surface area contributed by atoms with Crippen molar-refractivity contribution in [3.63, 3.8) is 0 Å². The van der Waals surface area contributed by atoms with E-state index in [2.05, 4.69) is 0 Å². The van der Waals surface area contributed by atoms with E-state index in [-0.39, 0.29) is 19.4 Å². The first kappa shape index (κ1) is 11.7. The van der Waals surface area contributed by atoms with Crippen molar-refractivity contribution >= 4 is 10.2 Å². The monoisotopic (exact) mass is 232 g/mol. The molecular formula is C6H11F3N2O2S. The van der Waals surface area contributed by atoms with Crippen molar-refractivity contribution in [3.05, 3.63) is 0 Å². The number of hydrogen-bond donors (Lipinski definition) is 1. The number of halogens is 3. The lowest BCUT2D eigenvalue weighted by molar-refractivity contribution is -0.165. The average Bonchev–Trinajstić information content (AvgIpc) is 2.51. The zero-order chi connectivity index (χ0) is 11.0. The highest BCUT2D eigenvalue weighted by atomic mass is 32.2. The van der Waals surface area contributed by atoms with E-state index in [0.717, 1.165) is 7.05 Å². The molecule has 0 aliphatic carbocycles. The van der Waals surface area contributed by atoms with Gasteiger partial charge in [-0.25, -0.2) is 4.72 Å². The van der Waals surface area contributed by atoms with Gasteiger partial charge >= 0.3 is 6.18 Å². The van der Waals surface area contributed by atoms with Crippen LogP contribution in [0.4, 0.5) is 13.2 Å². The fourth-order valence-corrected chi connectivity index (χ4v) is 2.64. The minimum absolute atomic E-state index is 0.0760. The fraction of sp³-hybridized carbons (Fsp3) is 1.00.